The third-order valence-corrected chi connectivity index (χ3v) is 5.31. The molecule has 1 aromatic heterocycles. The van der Waals surface area contributed by atoms with Crippen LogP contribution in [-0.2, 0) is 12.0 Å². The van der Waals surface area contributed by atoms with Crippen molar-refractivity contribution < 1.29 is 0 Å². The molecule has 0 fully saturated rings. The lowest BCUT2D eigenvalue weighted by atomic mass is 9.63. The number of rotatable bonds is 2. The minimum Gasteiger partial charge on any atom is -0.326 e. The van der Waals surface area contributed by atoms with Gasteiger partial charge in [0.25, 0.3) is 0 Å². The van der Waals surface area contributed by atoms with Gasteiger partial charge in [-0.25, -0.2) is 0 Å². The molecule has 3 heteroatoms. The van der Waals surface area contributed by atoms with E-state index in [0.29, 0.717) is 5.92 Å². The van der Waals surface area contributed by atoms with Gasteiger partial charge in [0.05, 0.1) is 0 Å². The highest BCUT2D eigenvalue weighted by Gasteiger charge is 2.46. The van der Waals surface area contributed by atoms with Gasteiger partial charge in [0.1, 0.15) is 5.54 Å². The molecule has 4 rings (SSSR count). The molecular formula is C22H22N2O. The first-order chi connectivity index (χ1) is 12.1. The van der Waals surface area contributed by atoms with Crippen LogP contribution in [0.5, 0.6) is 0 Å². The Morgan fingerprint density at radius 3 is 2.76 bits per heavy atom. The van der Waals surface area contributed by atoms with Crippen molar-refractivity contribution in [3.05, 3.63) is 92.9 Å². The van der Waals surface area contributed by atoms with E-state index < -0.39 is 5.54 Å². The summed E-state index contributed by atoms with van der Waals surface area (Å²) in [5.74, 6) is 0.303. The van der Waals surface area contributed by atoms with Crippen LogP contribution >= 0.6 is 0 Å². The fourth-order valence-electron chi connectivity index (χ4n) is 4.38. The van der Waals surface area contributed by atoms with Crippen LogP contribution in [0.2, 0.25) is 0 Å². The van der Waals surface area contributed by atoms with Crippen LogP contribution in [0.1, 0.15) is 37.1 Å². The number of hydrogen-bond acceptors (Lipinski definition) is 2. The zero-order chi connectivity index (χ0) is 17.4. The van der Waals surface area contributed by atoms with Gasteiger partial charge in [0, 0.05) is 35.9 Å². The number of H-pyrrole nitrogens is 1. The van der Waals surface area contributed by atoms with Crippen LogP contribution in [0.15, 0.2) is 75.5 Å². The molecule has 2 aliphatic carbocycles. The SMILES string of the molecule is CC=C1C2C=C(C)CC1(N=Cc1ccccc1)c1ccc(=O)[nH]c1C2. The molecule has 25 heavy (non-hydrogen) atoms. The van der Waals surface area contributed by atoms with Crippen molar-refractivity contribution in [3.8, 4) is 0 Å². The molecule has 2 aliphatic rings. The van der Waals surface area contributed by atoms with Crippen LogP contribution in [0.3, 0.4) is 0 Å². The van der Waals surface area contributed by atoms with Crippen molar-refractivity contribution in [1.82, 2.24) is 4.98 Å². The second kappa shape index (κ2) is 5.99. The molecule has 2 aromatic rings. The van der Waals surface area contributed by atoms with Crippen molar-refractivity contribution in [2.75, 3.05) is 0 Å². The molecule has 0 saturated carbocycles. The molecule has 2 bridgehead atoms. The maximum atomic E-state index is 11.8. The number of benzene rings is 1. The number of fused-ring (bicyclic) bond motifs is 4. The van der Waals surface area contributed by atoms with Gasteiger partial charge in [-0.15, -0.1) is 0 Å². The van der Waals surface area contributed by atoms with Crippen molar-refractivity contribution >= 4 is 6.21 Å². The number of nitrogens with one attached hydrogen (secondary N) is 1. The van der Waals surface area contributed by atoms with E-state index in [0.717, 1.165) is 29.7 Å². The number of pyridine rings is 1. The van der Waals surface area contributed by atoms with Gasteiger partial charge in [-0.2, -0.15) is 0 Å². The van der Waals surface area contributed by atoms with Gasteiger partial charge in [0.2, 0.25) is 5.56 Å². The monoisotopic (exact) mass is 330 g/mol. The maximum Gasteiger partial charge on any atom is 0.248 e. The summed E-state index contributed by atoms with van der Waals surface area (Å²) in [5, 5.41) is 0. The normalized spacial score (nSPS) is 26.6. The highest BCUT2D eigenvalue weighted by molar-refractivity contribution is 5.80. The Bertz CT molecular complexity index is 949. The Morgan fingerprint density at radius 2 is 2.00 bits per heavy atom. The fraction of sp³-hybridized carbons (Fsp3) is 0.273. The summed E-state index contributed by atoms with van der Waals surface area (Å²) in [5.41, 5.74) is 5.50. The lowest BCUT2D eigenvalue weighted by molar-refractivity contribution is 0.413. The Hall–Kier alpha value is -2.68. The second-order valence-corrected chi connectivity index (χ2v) is 6.99. The summed E-state index contributed by atoms with van der Waals surface area (Å²) in [6.45, 7) is 4.28. The first-order valence-electron chi connectivity index (χ1n) is 8.79. The maximum absolute atomic E-state index is 11.8. The quantitative estimate of drug-likeness (QED) is 0.652. The van der Waals surface area contributed by atoms with Crippen LogP contribution in [0, 0.1) is 5.92 Å². The molecule has 0 saturated heterocycles. The smallest absolute Gasteiger partial charge is 0.248 e. The Labute approximate surface area is 147 Å². The molecule has 0 aliphatic heterocycles. The van der Waals surface area contributed by atoms with Gasteiger partial charge in [-0.1, -0.05) is 48.1 Å². The van der Waals surface area contributed by atoms with E-state index in [9.17, 15) is 4.79 Å². The topological polar surface area (TPSA) is 45.2 Å². The van der Waals surface area contributed by atoms with E-state index in [1.165, 1.54) is 11.1 Å². The van der Waals surface area contributed by atoms with E-state index in [4.69, 9.17) is 4.99 Å². The van der Waals surface area contributed by atoms with Crippen molar-refractivity contribution in [1.29, 1.82) is 0 Å². The highest BCUT2D eigenvalue weighted by atomic mass is 16.1. The number of aromatic amines is 1. The Balaban J connectivity index is 1.93. The highest BCUT2D eigenvalue weighted by Crippen LogP contribution is 2.51. The molecule has 0 amide bonds. The Morgan fingerprint density at radius 1 is 1.20 bits per heavy atom. The van der Waals surface area contributed by atoms with Gasteiger partial charge in [0.15, 0.2) is 0 Å². The predicted octanol–water partition coefficient (Wildman–Crippen LogP) is 4.16. The van der Waals surface area contributed by atoms with Crippen molar-refractivity contribution in [3.63, 3.8) is 0 Å². The zero-order valence-electron chi connectivity index (χ0n) is 14.6. The van der Waals surface area contributed by atoms with Gasteiger partial charge in [-0.3, -0.25) is 9.79 Å². The van der Waals surface area contributed by atoms with Crippen LogP contribution in [0.4, 0.5) is 0 Å². The van der Waals surface area contributed by atoms with Crippen LogP contribution in [0.25, 0.3) is 0 Å². The van der Waals surface area contributed by atoms with Gasteiger partial charge < -0.3 is 4.98 Å². The van der Waals surface area contributed by atoms with Crippen molar-refractivity contribution in [2.24, 2.45) is 10.9 Å². The standard InChI is InChI=1S/C22H22N2O/c1-3-18-17-11-15(2)13-22(18,23-14-16-7-5-4-6-8-16)19-9-10-21(25)24-20(19)12-17/h3-11,14,17H,12-13H2,1-2H3,(H,24,25). The number of aliphatic imine (C=N–C) groups is 1. The predicted molar refractivity (Wildman–Crippen MR) is 102 cm³/mol. The molecule has 2 atom stereocenters. The van der Waals surface area contributed by atoms with E-state index in [1.807, 2.05) is 30.5 Å². The minimum atomic E-state index is -0.411. The number of nitrogens with zero attached hydrogens (tertiary/aromatic N) is 1. The molecule has 1 aromatic carbocycles. The minimum absolute atomic E-state index is 0.0383. The summed E-state index contributed by atoms with van der Waals surface area (Å²) < 4.78 is 0. The average Bonchev–Trinajstić information content (AvgIpc) is 2.60. The molecule has 3 nitrogen and oxygen atoms in total. The first kappa shape index (κ1) is 15.8. The summed E-state index contributed by atoms with van der Waals surface area (Å²) in [6, 6.07) is 13.8. The lowest BCUT2D eigenvalue weighted by Crippen LogP contribution is -2.40. The first-order valence-corrected chi connectivity index (χ1v) is 8.79. The number of hydrogen-bond donors (Lipinski definition) is 1. The lowest BCUT2D eigenvalue weighted by Gasteiger charge is -2.45. The summed E-state index contributed by atoms with van der Waals surface area (Å²) >= 11 is 0. The molecule has 126 valence electrons. The van der Waals surface area contributed by atoms with E-state index in [2.05, 4.69) is 43.1 Å². The molecule has 1 heterocycles. The third-order valence-electron chi connectivity index (χ3n) is 5.31. The van der Waals surface area contributed by atoms with Gasteiger partial charge >= 0.3 is 0 Å². The fourth-order valence-corrected chi connectivity index (χ4v) is 4.38. The van der Waals surface area contributed by atoms with Crippen LogP contribution < -0.4 is 5.56 Å². The molecule has 2 unspecified atom stereocenters. The van der Waals surface area contributed by atoms with Crippen molar-refractivity contribution in [2.45, 2.75) is 32.2 Å². The second-order valence-electron chi connectivity index (χ2n) is 6.99. The number of aromatic nitrogens is 1. The summed E-state index contributed by atoms with van der Waals surface area (Å²) in [4.78, 5) is 20.0. The van der Waals surface area contributed by atoms with E-state index >= 15 is 0 Å². The molecule has 0 radical (unpaired) electrons. The summed E-state index contributed by atoms with van der Waals surface area (Å²) in [7, 11) is 0. The third kappa shape index (κ3) is 2.60. The van der Waals surface area contributed by atoms with E-state index in [1.54, 1.807) is 6.07 Å². The molecule has 1 N–H and O–H groups in total. The largest absolute Gasteiger partial charge is 0.326 e. The van der Waals surface area contributed by atoms with E-state index in [-0.39, 0.29) is 5.56 Å². The zero-order valence-corrected chi connectivity index (χ0v) is 14.6. The molecule has 0 spiro atoms. The number of allylic oxidation sites excluding steroid dienone is 2. The molecular weight excluding hydrogens is 308 g/mol. The van der Waals surface area contributed by atoms with Crippen LogP contribution in [-0.4, -0.2) is 11.2 Å². The summed E-state index contributed by atoms with van der Waals surface area (Å²) in [6.07, 6.45) is 8.21. The average molecular weight is 330 g/mol. The Kier molecular flexibility index (Phi) is 3.79. The van der Waals surface area contributed by atoms with Gasteiger partial charge in [-0.05, 0) is 37.5 Å².